The normalized spacial score (nSPS) is 14.5. The molecule has 0 rings (SSSR count). The lowest BCUT2D eigenvalue weighted by atomic mass is 9.98. The number of carbonyl (C=O) groups is 1. The van der Waals surface area contributed by atoms with Crippen molar-refractivity contribution in [3.05, 3.63) is 0 Å². The van der Waals surface area contributed by atoms with Gasteiger partial charge in [-0.15, -0.1) is 0 Å². The first-order chi connectivity index (χ1) is 7.69. The van der Waals surface area contributed by atoms with E-state index in [1.54, 1.807) is 0 Å². The van der Waals surface area contributed by atoms with Gasteiger partial charge in [0.25, 0.3) is 0 Å². The van der Waals surface area contributed by atoms with Crippen LogP contribution in [0.15, 0.2) is 0 Å². The number of nitrogens with two attached hydrogens (primary N) is 1. The number of unbranched alkanes of at least 4 members (excludes halogenated alkanes) is 1. The van der Waals surface area contributed by atoms with Crippen molar-refractivity contribution >= 4 is 5.91 Å². The Balaban J connectivity index is 4.06. The number of hydrogen-bond donors (Lipinski definition) is 2. The molecule has 96 valence electrons. The van der Waals surface area contributed by atoms with Crippen LogP contribution in [0.25, 0.3) is 0 Å². The van der Waals surface area contributed by atoms with E-state index in [1.807, 2.05) is 0 Å². The summed E-state index contributed by atoms with van der Waals surface area (Å²) in [5.74, 6) is 0.366. The van der Waals surface area contributed by atoms with Crippen molar-refractivity contribution in [1.82, 2.24) is 5.32 Å². The van der Waals surface area contributed by atoms with Crippen molar-refractivity contribution in [3.8, 4) is 0 Å². The van der Waals surface area contributed by atoms with E-state index >= 15 is 0 Å². The van der Waals surface area contributed by atoms with Gasteiger partial charge in [-0.1, -0.05) is 40.0 Å². The molecule has 0 radical (unpaired) electrons. The minimum atomic E-state index is 0.160. The van der Waals surface area contributed by atoms with Gasteiger partial charge in [-0.25, -0.2) is 0 Å². The van der Waals surface area contributed by atoms with Crippen molar-refractivity contribution in [3.63, 3.8) is 0 Å². The monoisotopic (exact) mass is 228 g/mol. The van der Waals surface area contributed by atoms with Crippen LogP contribution in [0.2, 0.25) is 0 Å². The Morgan fingerprint density at radius 2 is 1.88 bits per heavy atom. The highest BCUT2D eigenvalue weighted by atomic mass is 16.1. The Labute approximate surface area is 100 Å². The van der Waals surface area contributed by atoms with Gasteiger partial charge < -0.3 is 11.1 Å². The van der Waals surface area contributed by atoms with Crippen molar-refractivity contribution in [2.75, 3.05) is 6.54 Å². The van der Waals surface area contributed by atoms with Crippen LogP contribution in [0.1, 0.15) is 59.3 Å². The number of nitrogens with one attached hydrogen (secondary N) is 1. The van der Waals surface area contributed by atoms with Gasteiger partial charge in [0.05, 0.1) is 0 Å². The molecule has 3 heteroatoms. The molecule has 0 aliphatic carbocycles. The minimum absolute atomic E-state index is 0.160. The van der Waals surface area contributed by atoms with E-state index in [9.17, 15) is 4.79 Å². The maximum atomic E-state index is 12.0. The average molecular weight is 228 g/mol. The van der Waals surface area contributed by atoms with Gasteiger partial charge in [0.1, 0.15) is 0 Å². The molecule has 3 N–H and O–H groups in total. The zero-order chi connectivity index (χ0) is 12.4. The van der Waals surface area contributed by atoms with Crippen LogP contribution in [0, 0.1) is 5.92 Å². The van der Waals surface area contributed by atoms with E-state index < -0.39 is 0 Å². The molecule has 2 atom stereocenters. The van der Waals surface area contributed by atoms with Gasteiger partial charge >= 0.3 is 0 Å². The summed E-state index contributed by atoms with van der Waals surface area (Å²) in [6.07, 6.45) is 6.25. The van der Waals surface area contributed by atoms with Crippen molar-refractivity contribution in [1.29, 1.82) is 0 Å². The Kier molecular flexibility index (Phi) is 9.30. The summed E-state index contributed by atoms with van der Waals surface area (Å²) in [4.78, 5) is 12.0. The van der Waals surface area contributed by atoms with Gasteiger partial charge in [0.15, 0.2) is 0 Å². The molecule has 1 amide bonds. The molecule has 0 fully saturated rings. The van der Waals surface area contributed by atoms with Crippen molar-refractivity contribution in [2.24, 2.45) is 11.7 Å². The lowest BCUT2D eigenvalue weighted by molar-refractivity contribution is -0.126. The lowest BCUT2D eigenvalue weighted by Crippen LogP contribution is -2.42. The van der Waals surface area contributed by atoms with Crippen LogP contribution in [0.3, 0.4) is 0 Å². The summed E-state index contributed by atoms with van der Waals surface area (Å²) >= 11 is 0. The quantitative estimate of drug-likeness (QED) is 0.637. The van der Waals surface area contributed by atoms with Crippen LogP contribution >= 0.6 is 0 Å². The first-order valence-corrected chi connectivity index (χ1v) is 6.69. The smallest absolute Gasteiger partial charge is 0.223 e. The molecule has 0 aromatic carbocycles. The fourth-order valence-corrected chi connectivity index (χ4v) is 1.89. The Hall–Kier alpha value is -0.570. The maximum absolute atomic E-state index is 12.0. The third-order valence-electron chi connectivity index (χ3n) is 3.04. The maximum Gasteiger partial charge on any atom is 0.223 e. The molecule has 0 aliphatic heterocycles. The van der Waals surface area contributed by atoms with Crippen molar-refractivity contribution < 1.29 is 4.79 Å². The average Bonchev–Trinajstić information content (AvgIpc) is 2.29. The second-order valence-corrected chi connectivity index (χ2v) is 4.48. The molecular formula is C13H28N2O. The van der Waals surface area contributed by atoms with Crippen LogP contribution in [-0.2, 0) is 4.79 Å². The fourth-order valence-electron chi connectivity index (χ4n) is 1.89. The molecule has 0 aliphatic rings. The molecule has 0 heterocycles. The van der Waals surface area contributed by atoms with Gasteiger partial charge in [-0.2, -0.15) is 0 Å². The summed E-state index contributed by atoms with van der Waals surface area (Å²) in [5.41, 5.74) is 5.63. The first kappa shape index (κ1) is 15.4. The molecular weight excluding hydrogens is 200 g/mol. The Morgan fingerprint density at radius 3 is 2.31 bits per heavy atom. The Bertz CT molecular complexity index is 183. The molecule has 0 saturated heterocycles. The van der Waals surface area contributed by atoms with Crippen LogP contribution in [0.4, 0.5) is 0 Å². The molecule has 0 aromatic rings. The molecule has 3 nitrogen and oxygen atoms in total. The Morgan fingerprint density at radius 1 is 1.19 bits per heavy atom. The third-order valence-corrected chi connectivity index (χ3v) is 3.04. The number of hydrogen-bond acceptors (Lipinski definition) is 2. The van der Waals surface area contributed by atoms with E-state index in [4.69, 9.17) is 5.73 Å². The van der Waals surface area contributed by atoms with Gasteiger partial charge in [0.2, 0.25) is 5.91 Å². The molecule has 0 spiro atoms. The molecule has 2 unspecified atom stereocenters. The zero-order valence-electron chi connectivity index (χ0n) is 11.1. The van der Waals surface area contributed by atoms with Gasteiger partial charge in [0, 0.05) is 18.5 Å². The third kappa shape index (κ3) is 6.11. The molecule has 0 aromatic heterocycles. The topological polar surface area (TPSA) is 55.1 Å². The number of rotatable bonds is 9. The van der Waals surface area contributed by atoms with E-state index in [1.165, 1.54) is 0 Å². The zero-order valence-corrected chi connectivity index (χ0v) is 11.1. The predicted molar refractivity (Wildman–Crippen MR) is 69.2 cm³/mol. The van der Waals surface area contributed by atoms with Gasteiger partial charge in [-0.05, 0) is 19.3 Å². The van der Waals surface area contributed by atoms with Crippen LogP contribution in [-0.4, -0.2) is 18.5 Å². The van der Waals surface area contributed by atoms with Crippen molar-refractivity contribution in [2.45, 2.75) is 65.3 Å². The summed E-state index contributed by atoms with van der Waals surface area (Å²) < 4.78 is 0. The SMILES string of the molecule is CCCCC(CC)C(=O)NC(CN)CCC. The van der Waals surface area contributed by atoms with Gasteiger partial charge in [-0.3, -0.25) is 4.79 Å². The highest BCUT2D eigenvalue weighted by Gasteiger charge is 2.18. The summed E-state index contributed by atoms with van der Waals surface area (Å²) in [6, 6.07) is 0.160. The lowest BCUT2D eigenvalue weighted by Gasteiger charge is -2.20. The summed E-state index contributed by atoms with van der Waals surface area (Å²) in [5, 5.41) is 3.06. The standard InChI is InChI=1S/C13H28N2O/c1-4-7-9-11(6-3)13(16)15-12(10-14)8-5-2/h11-12H,4-10,14H2,1-3H3,(H,15,16). The molecule has 16 heavy (non-hydrogen) atoms. The number of carbonyl (C=O) groups excluding carboxylic acids is 1. The van der Waals surface area contributed by atoms with E-state index in [2.05, 4.69) is 26.1 Å². The second-order valence-electron chi connectivity index (χ2n) is 4.48. The first-order valence-electron chi connectivity index (χ1n) is 6.69. The van der Waals surface area contributed by atoms with Crippen LogP contribution in [0.5, 0.6) is 0 Å². The van der Waals surface area contributed by atoms with E-state index in [-0.39, 0.29) is 17.9 Å². The van der Waals surface area contributed by atoms with E-state index in [0.717, 1.165) is 38.5 Å². The number of amides is 1. The predicted octanol–water partition coefficient (Wildman–Crippen LogP) is 2.45. The molecule has 0 bridgehead atoms. The largest absolute Gasteiger partial charge is 0.352 e. The minimum Gasteiger partial charge on any atom is -0.352 e. The highest BCUT2D eigenvalue weighted by Crippen LogP contribution is 2.13. The second kappa shape index (κ2) is 9.64. The van der Waals surface area contributed by atoms with Crippen LogP contribution < -0.4 is 11.1 Å². The summed E-state index contributed by atoms with van der Waals surface area (Å²) in [7, 11) is 0. The van der Waals surface area contributed by atoms with E-state index in [0.29, 0.717) is 6.54 Å². The highest BCUT2D eigenvalue weighted by molar-refractivity contribution is 5.78. The fraction of sp³-hybridized carbons (Fsp3) is 0.923. The summed E-state index contributed by atoms with van der Waals surface area (Å²) in [6.45, 7) is 6.90. The molecule has 0 saturated carbocycles.